The minimum absolute atomic E-state index is 0.584. The number of nitrogen functional groups attached to an aromatic ring is 1. The van der Waals surface area contributed by atoms with Crippen LogP contribution in [0.1, 0.15) is 36.4 Å². The zero-order valence-electron chi connectivity index (χ0n) is 12.5. The predicted octanol–water partition coefficient (Wildman–Crippen LogP) is 3.49. The second-order valence-corrected chi connectivity index (χ2v) is 6.51. The number of nitrogens with two attached hydrogens (primary N) is 1. The van der Waals surface area contributed by atoms with E-state index in [0.29, 0.717) is 11.7 Å². The molecule has 3 N–H and O–H groups in total. The van der Waals surface area contributed by atoms with E-state index in [0.717, 1.165) is 34.3 Å². The third kappa shape index (κ3) is 2.01. The smallest absolute Gasteiger partial charge is 0.153 e. The molecule has 2 atom stereocenters. The van der Waals surface area contributed by atoms with Crippen LogP contribution in [-0.2, 0) is 0 Å². The normalized spacial score (nSPS) is 26.7. The summed E-state index contributed by atoms with van der Waals surface area (Å²) in [5, 5.41) is 7.46. The maximum Gasteiger partial charge on any atom is 0.153 e. The molecule has 21 heavy (non-hydrogen) atoms. The maximum atomic E-state index is 6.13. The molecule has 0 bridgehead atoms. The van der Waals surface area contributed by atoms with Gasteiger partial charge in [0.25, 0.3) is 0 Å². The van der Waals surface area contributed by atoms with Crippen molar-refractivity contribution in [2.45, 2.75) is 32.1 Å². The Morgan fingerprint density at radius 2 is 2.00 bits per heavy atom. The Kier molecular flexibility index (Phi) is 2.74. The fourth-order valence-electron chi connectivity index (χ4n) is 3.90. The number of fused-ring (bicyclic) bond motifs is 1. The highest BCUT2D eigenvalue weighted by atomic mass is 16.5. The zero-order valence-corrected chi connectivity index (χ0v) is 12.5. The van der Waals surface area contributed by atoms with Gasteiger partial charge in [-0.25, -0.2) is 0 Å². The monoisotopic (exact) mass is 283 g/mol. The van der Waals surface area contributed by atoms with E-state index in [1.807, 2.05) is 6.92 Å². The van der Waals surface area contributed by atoms with Crippen molar-refractivity contribution in [3.05, 3.63) is 29.5 Å². The van der Waals surface area contributed by atoms with Crippen LogP contribution in [-0.4, -0.2) is 17.3 Å². The molecular weight excluding hydrogens is 262 g/mol. The van der Waals surface area contributed by atoms with Gasteiger partial charge in [-0.1, -0.05) is 12.1 Å². The van der Waals surface area contributed by atoms with E-state index < -0.39 is 0 Å². The topological polar surface area (TPSA) is 63.9 Å². The fourth-order valence-corrected chi connectivity index (χ4v) is 3.90. The Balaban J connectivity index is 1.75. The molecule has 4 heteroatoms. The SMILES string of the molecule is COc1cc(-c2c(N)n[nH]c2C2CC3CC3C2)ccc1C. The first-order chi connectivity index (χ1) is 10.2. The number of H-pyrrole nitrogens is 1. The van der Waals surface area contributed by atoms with Crippen LogP contribution in [0.25, 0.3) is 11.1 Å². The Labute approximate surface area is 124 Å². The van der Waals surface area contributed by atoms with Crippen LogP contribution in [0.4, 0.5) is 5.82 Å². The van der Waals surface area contributed by atoms with Crippen LogP contribution >= 0.6 is 0 Å². The average Bonchev–Trinajstić information content (AvgIpc) is 2.92. The summed E-state index contributed by atoms with van der Waals surface area (Å²) >= 11 is 0. The molecule has 0 spiro atoms. The summed E-state index contributed by atoms with van der Waals surface area (Å²) in [6.07, 6.45) is 3.98. The highest BCUT2D eigenvalue weighted by molar-refractivity contribution is 5.78. The first-order valence-corrected chi connectivity index (χ1v) is 7.66. The van der Waals surface area contributed by atoms with Crippen LogP contribution in [0.5, 0.6) is 5.75 Å². The third-order valence-corrected chi connectivity index (χ3v) is 5.17. The molecule has 1 heterocycles. The van der Waals surface area contributed by atoms with Crippen LogP contribution in [0.2, 0.25) is 0 Å². The molecule has 2 unspecified atom stereocenters. The third-order valence-electron chi connectivity index (χ3n) is 5.17. The summed E-state index contributed by atoms with van der Waals surface area (Å²) in [5.74, 6) is 3.96. The number of nitrogens with zero attached hydrogens (tertiary/aromatic N) is 1. The zero-order chi connectivity index (χ0) is 14.6. The number of aryl methyl sites for hydroxylation is 1. The number of methoxy groups -OCH3 is 1. The van der Waals surface area contributed by atoms with Gasteiger partial charge < -0.3 is 10.5 Å². The van der Waals surface area contributed by atoms with E-state index in [9.17, 15) is 0 Å². The summed E-state index contributed by atoms with van der Waals surface area (Å²) < 4.78 is 5.44. The van der Waals surface area contributed by atoms with Crippen molar-refractivity contribution in [3.8, 4) is 16.9 Å². The lowest BCUT2D eigenvalue weighted by Crippen LogP contribution is -1.99. The van der Waals surface area contributed by atoms with Crippen LogP contribution < -0.4 is 10.5 Å². The van der Waals surface area contributed by atoms with Gasteiger partial charge in [0.2, 0.25) is 0 Å². The largest absolute Gasteiger partial charge is 0.496 e. The standard InChI is InChI=1S/C17H21N3O/c1-9-3-4-10(8-14(9)21-2)15-16(19-20-17(15)18)13-6-11-5-12(11)7-13/h3-4,8,11-13H,5-7H2,1-2H3,(H3,18,19,20). The van der Waals surface area contributed by atoms with Crippen molar-refractivity contribution < 1.29 is 4.74 Å². The Morgan fingerprint density at radius 3 is 2.71 bits per heavy atom. The molecule has 1 aromatic heterocycles. The van der Waals surface area contributed by atoms with Gasteiger partial charge in [-0.3, -0.25) is 5.10 Å². The average molecular weight is 283 g/mol. The lowest BCUT2D eigenvalue weighted by molar-refractivity contribution is 0.412. The van der Waals surface area contributed by atoms with Gasteiger partial charge in [-0.15, -0.1) is 0 Å². The van der Waals surface area contributed by atoms with Gasteiger partial charge in [-0.2, -0.15) is 5.10 Å². The van der Waals surface area contributed by atoms with E-state index in [1.165, 1.54) is 25.0 Å². The van der Waals surface area contributed by atoms with Gasteiger partial charge in [0.05, 0.1) is 7.11 Å². The van der Waals surface area contributed by atoms with Crippen molar-refractivity contribution in [1.29, 1.82) is 0 Å². The lowest BCUT2D eigenvalue weighted by atomic mass is 9.92. The van der Waals surface area contributed by atoms with E-state index >= 15 is 0 Å². The van der Waals surface area contributed by atoms with Gasteiger partial charge >= 0.3 is 0 Å². The van der Waals surface area contributed by atoms with Gasteiger partial charge in [0.1, 0.15) is 5.75 Å². The van der Waals surface area contributed by atoms with Crippen molar-refractivity contribution in [3.63, 3.8) is 0 Å². The molecule has 2 saturated carbocycles. The Hall–Kier alpha value is -1.97. The number of hydrogen-bond acceptors (Lipinski definition) is 3. The number of rotatable bonds is 3. The molecule has 0 radical (unpaired) electrons. The first kappa shape index (κ1) is 12.7. The number of anilines is 1. The number of aromatic amines is 1. The second-order valence-electron chi connectivity index (χ2n) is 6.51. The summed E-state index contributed by atoms with van der Waals surface area (Å²) in [4.78, 5) is 0. The lowest BCUT2D eigenvalue weighted by Gasteiger charge is -2.14. The van der Waals surface area contributed by atoms with E-state index in [4.69, 9.17) is 10.5 Å². The van der Waals surface area contributed by atoms with Crippen LogP contribution in [0.15, 0.2) is 18.2 Å². The quantitative estimate of drug-likeness (QED) is 0.906. The van der Waals surface area contributed by atoms with E-state index in [-0.39, 0.29) is 0 Å². The number of aromatic nitrogens is 2. The van der Waals surface area contributed by atoms with E-state index in [2.05, 4.69) is 28.4 Å². The molecule has 110 valence electrons. The molecule has 1 aromatic carbocycles. The minimum atomic E-state index is 0.584. The highest BCUT2D eigenvalue weighted by Crippen LogP contribution is 2.58. The molecule has 4 rings (SSSR count). The number of ether oxygens (including phenoxy) is 1. The van der Waals surface area contributed by atoms with Crippen LogP contribution in [0, 0.1) is 18.8 Å². The predicted molar refractivity (Wildman–Crippen MR) is 83.3 cm³/mol. The molecular formula is C17H21N3O. The molecule has 2 aliphatic rings. The number of benzene rings is 1. The van der Waals surface area contributed by atoms with Crippen molar-refractivity contribution in [2.75, 3.05) is 12.8 Å². The molecule has 0 aliphatic heterocycles. The Morgan fingerprint density at radius 1 is 1.24 bits per heavy atom. The fraction of sp³-hybridized carbons (Fsp3) is 0.471. The minimum Gasteiger partial charge on any atom is -0.496 e. The summed E-state index contributed by atoms with van der Waals surface area (Å²) in [7, 11) is 1.70. The molecule has 0 amide bonds. The van der Waals surface area contributed by atoms with Crippen molar-refractivity contribution in [2.24, 2.45) is 11.8 Å². The van der Waals surface area contributed by atoms with Gasteiger partial charge in [0.15, 0.2) is 5.82 Å². The van der Waals surface area contributed by atoms with Gasteiger partial charge in [-0.05, 0) is 55.2 Å². The molecule has 2 aliphatic carbocycles. The van der Waals surface area contributed by atoms with Gasteiger partial charge in [0, 0.05) is 17.2 Å². The van der Waals surface area contributed by atoms with Crippen LogP contribution in [0.3, 0.4) is 0 Å². The Bertz CT molecular complexity index is 681. The summed E-state index contributed by atoms with van der Waals surface area (Å²) in [5.41, 5.74) is 10.6. The number of hydrogen-bond donors (Lipinski definition) is 2. The van der Waals surface area contributed by atoms with E-state index in [1.54, 1.807) is 7.11 Å². The maximum absolute atomic E-state index is 6.13. The van der Waals surface area contributed by atoms with Crippen molar-refractivity contribution in [1.82, 2.24) is 10.2 Å². The number of nitrogens with one attached hydrogen (secondary N) is 1. The van der Waals surface area contributed by atoms with Crippen molar-refractivity contribution >= 4 is 5.82 Å². The summed E-state index contributed by atoms with van der Waals surface area (Å²) in [6.45, 7) is 2.05. The first-order valence-electron chi connectivity index (χ1n) is 7.66. The highest BCUT2D eigenvalue weighted by Gasteiger charge is 2.47. The molecule has 2 fully saturated rings. The molecule has 4 nitrogen and oxygen atoms in total. The second kappa shape index (κ2) is 4.52. The summed E-state index contributed by atoms with van der Waals surface area (Å²) in [6, 6.07) is 6.25. The molecule has 2 aromatic rings. The molecule has 0 saturated heterocycles.